The molecule has 8 unspecified atom stereocenters. The molecule has 0 radical (unpaired) electrons. The molecule has 202 valence electrons. The van der Waals surface area contributed by atoms with Crippen molar-refractivity contribution in [3.8, 4) is 0 Å². The first-order valence-corrected chi connectivity index (χ1v) is 16.3. The zero-order chi connectivity index (χ0) is 27.8. The van der Waals surface area contributed by atoms with Crippen molar-refractivity contribution in [1.29, 1.82) is 0 Å². The van der Waals surface area contributed by atoms with Crippen LogP contribution in [-0.2, 0) is 10.1 Å². The van der Waals surface area contributed by atoms with Gasteiger partial charge in [-0.25, -0.2) is 8.42 Å². The minimum absolute atomic E-state index is 0.0882. The summed E-state index contributed by atoms with van der Waals surface area (Å²) in [6, 6.07) is 2.68. The van der Waals surface area contributed by atoms with Gasteiger partial charge in [-0.1, -0.05) is 98.9 Å². The molecule has 4 bridgehead atoms. The van der Waals surface area contributed by atoms with Crippen molar-refractivity contribution >= 4 is 149 Å². The number of fused-ring (bicyclic) bond motifs is 14. The Kier molecular flexibility index (Phi) is 6.13. The van der Waals surface area contributed by atoms with Gasteiger partial charge >= 0.3 is 0 Å². The van der Waals surface area contributed by atoms with E-state index in [1.54, 1.807) is 0 Å². The number of alkyl halides is 8. The van der Waals surface area contributed by atoms with Gasteiger partial charge in [-0.3, -0.25) is 0 Å². The van der Waals surface area contributed by atoms with Crippen LogP contribution < -0.4 is 0 Å². The smallest absolute Gasteiger partial charge is 0.167 e. The summed E-state index contributed by atoms with van der Waals surface area (Å²) < 4.78 is 32.5. The lowest BCUT2D eigenvalue weighted by atomic mass is 9.57. The van der Waals surface area contributed by atoms with E-state index in [-0.39, 0.29) is 31.3 Å². The summed E-state index contributed by atoms with van der Waals surface area (Å²) in [4.78, 5) is -7.88. The van der Waals surface area contributed by atoms with Crippen LogP contribution in [0.5, 0.6) is 0 Å². The Hall–Kier alpha value is 2.09. The first-order valence-electron chi connectivity index (χ1n) is 10.4. The first kappa shape index (κ1) is 29.2. The number of hydrogen-bond donors (Lipinski definition) is 0. The van der Waals surface area contributed by atoms with Crippen molar-refractivity contribution in [1.82, 2.24) is 0 Å². The molecule has 2 fully saturated rings. The Bertz CT molecular complexity index is 1520. The predicted octanol–water partition coefficient (Wildman–Crippen LogP) is 9.00. The topological polar surface area (TPSA) is 57.2 Å². The van der Waals surface area contributed by atoms with Crippen molar-refractivity contribution in [2.24, 2.45) is 11.8 Å². The third-order valence-corrected chi connectivity index (χ3v) is 18.2. The molecule has 8 atom stereocenters. The summed E-state index contributed by atoms with van der Waals surface area (Å²) in [6.07, 6.45) is 0. The maximum absolute atomic E-state index is 12.2. The van der Waals surface area contributed by atoms with Crippen LogP contribution in [0.1, 0.15) is 28.5 Å². The van der Waals surface area contributed by atoms with E-state index in [0.717, 1.165) is 0 Å². The highest BCUT2D eigenvalue weighted by molar-refractivity contribution is 7.85. The highest BCUT2D eigenvalue weighted by Gasteiger charge is 2.91. The van der Waals surface area contributed by atoms with E-state index in [1.807, 2.05) is 0 Å². The molecule has 16 heteroatoms. The summed E-state index contributed by atoms with van der Waals surface area (Å²) >= 11 is 83.1. The molecule has 0 heterocycles. The molecule has 0 spiro atoms. The van der Waals surface area contributed by atoms with Crippen molar-refractivity contribution in [3.63, 3.8) is 0 Å². The van der Waals surface area contributed by atoms with Crippen LogP contribution in [0.15, 0.2) is 37.2 Å². The quantitative estimate of drug-likeness (QED) is 0.212. The van der Waals surface area contributed by atoms with Gasteiger partial charge in [-0.15, -0.1) is 46.4 Å². The van der Waals surface area contributed by atoms with E-state index in [2.05, 4.69) is 0 Å². The second-order valence-electron chi connectivity index (χ2n) is 9.96. The summed E-state index contributed by atoms with van der Waals surface area (Å²) in [5, 5.41) is -0.448. The molecule has 2 saturated carbocycles. The van der Waals surface area contributed by atoms with E-state index < -0.39 is 66.8 Å². The molecular formula is C21H9Cl12O3S-. The van der Waals surface area contributed by atoms with E-state index in [9.17, 15) is 13.0 Å². The van der Waals surface area contributed by atoms with Crippen molar-refractivity contribution in [2.75, 3.05) is 0 Å². The second kappa shape index (κ2) is 7.78. The molecule has 5 aliphatic carbocycles. The molecule has 1 aromatic carbocycles. The van der Waals surface area contributed by atoms with E-state index in [0.29, 0.717) is 5.56 Å². The molecule has 0 saturated heterocycles. The number of halogens is 12. The van der Waals surface area contributed by atoms with Gasteiger partial charge in [0.05, 0.1) is 25.0 Å². The average Bonchev–Trinajstić information content (AvgIpc) is 3.12. The fourth-order valence-electron chi connectivity index (χ4n) is 7.31. The van der Waals surface area contributed by atoms with Gasteiger partial charge < -0.3 is 4.55 Å². The summed E-state index contributed by atoms with van der Waals surface area (Å²) in [5.41, 5.74) is 0.794. The largest absolute Gasteiger partial charge is 0.744 e. The molecule has 0 aromatic heterocycles. The monoisotopic (exact) mass is 761 g/mol. The van der Waals surface area contributed by atoms with Crippen LogP contribution in [0.4, 0.5) is 0 Å². The lowest BCUT2D eigenvalue weighted by molar-refractivity contribution is 0.201. The van der Waals surface area contributed by atoms with Crippen LogP contribution in [0.3, 0.4) is 0 Å². The molecule has 5 aliphatic rings. The van der Waals surface area contributed by atoms with Crippen LogP contribution in [0.25, 0.3) is 0 Å². The lowest BCUT2D eigenvalue weighted by Crippen LogP contribution is -2.53. The lowest BCUT2D eigenvalue weighted by Gasteiger charge is -2.52. The molecule has 3 nitrogen and oxygen atoms in total. The van der Waals surface area contributed by atoms with Gasteiger partial charge in [-0.2, -0.15) is 0 Å². The van der Waals surface area contributed by atoms with Crippen LogP contribution in [0, 0.1) is 18.8 Å². The van der Waals surface area contributed by atoms with Gasteiger partial charge in [0.1, 0.15) is 29.6 Å². The number of hydrogen-bond acceptors (Lipinski definition) is 3. The SMILES string of the molecule is Cc1cc2c(cc1S(=O)(=O)[O-])C1C(C3C2C2(Cl)C(Cl)=C(Cl)C3(Cl)C2(Cl)Cl)C2(Cl)C(Cl)=C(Cl)C1(Cl)C2(Cl)Cl. The molecule has 0 aliphatic heterocycles. The molecular weight excluding hydrogens is 758 g/mol. The predicted molar refractivity (Wildman–Crippen MR) is 152 cm³/mol. The Labute approximate surface area is 272 Å². The molecule has 6 rings (SSSR count). The van der Waals surface area contributed by atoms with Crippen molar-refractivity contribution in [3.05, 3.63) is 49.0 Å². The highest BCUT2D eigenvalue weighted by atomic mass is 35.5. The molecule has 0 N–H and O–H groups in total. The summed E-state index contributed by atoms with van der Waals surface area (Å²) in [6.45, 7) is 1.45. The van der Waals surface area contributed by atoms with E-state index in [4.69, 9.17) is 139 Å². The Morgan fingerprint density at radius 3 is 1.32 bits per heavy atom. The standard InChI is InChI=1S/C21H10Cl12O3S/c1-4-2-5-6(3-7(4)37(34,35)36)9-11(19(29)15(25)13(23)17(9,27)21(19,32)33)10-8(5)16(26)12(22)14(24)18(10,28)20(16,30)31/h2-3,8-11H,1H3,(H,34,35,36)/p-1. The Morgan fingerprint density at radius 1 is 0.649 bits per heavy atom. The minimum atomic E-state index is -4.93. The number of benzene rings is 1. The van der Waals surface area contributed by atoms with Crippen LogP contribution >= 0.6 is 139 Å². The van der Waals surface area contributed by atoms with Crippen molar-refractivity contribution < 1.29 is 13.0 Å². The first-order chi connectivity index (χ1) is 16.6. The van der Waals surface area contributed by atoms with Gasteiger partial charge in [0, 0.05) is 23.7 Å². The average molecular weight is 767 g/mol. The summed E-state index contributed by atoms with van der Waals surface area (Å²) in [7, 11) is -4.93. The van der Waals surface area contributed by atoms with Crippen molar-refractivity contribution in [2.45, 2.75) is 51.8 Å². The third-order valence-electron chi connectivity index (χ3n) is 8.69. The zero-order valence-corrected chi connectivity index (χ0v) is 27.5. The van der Waals surface area contributed by atoms with Gasteiger partial charge in [0.25, 0.3) is 0 Å². The van der Waals surface area contributed by atoms with Gasteiger partial charge in [-0.05, 0) is 29.7 Å². The number of rotatable bonds is 1. The highest BCUT2D eigenvalue weighted by Crippen LogP contribution is 2.88. The third kappa shape index (κ3) is 2.68. The second-order valence-corrected chi connectivity index (χ2v) is 17.9. The van der Waals surface area contributed by atoms with Gasteiger partial charge in [0.15, 0.2) is 8.67 Å². The number of allylic oxidation sites excluding steroid dienone is 4. The zero-order valence-electron chi connectivity index (χ0n) is 17.6. The van der Waals surface area contributed by atoms with Crippen LogP contribution in [-0.4, -0.2) is 41.1 Å². The van der Waals surface area contributed by atoms with Gasteiger partial charge in [0.2, 0.25) is 0 Å². The van der Waals surface area contributed by atoms with E-state index >= 15 is 0 Å². The molecule has 1 aromatic rings. The maximum atomic E-state index is 12.2. The Balaban J connectivity index is 1.82. The van der Waals surface area contributed by atoms with E-state index in [1.165, 1.54) is 19.1 Å². The fourth-order valence-corrected chi connectivity index (χ4v) is 14.1. The molecule has 37 heavy (non-hydrogen) atoms. The maximum Gasteiger partial charge on any atom is 0.167 e. The summed E-state index contributed by atoms with van der Waals surface area (Å²) in [5.74, 6) is -3.89. The van der Waals surface area contributed by atoms with Crippen LogP contribution in [0.2, 0.25) is 0 Å². The fraction of sp³-hybridized carbons (Fsp3) is 0.524. The minimum Gasteiger partial charge on any atom is -0.744 e. The Morgan fingerprint density at radius 2 is 0.973 bits per heavy atom. The number of aryl methyl sites for hydroxylation is 1. The normalized spacial score (nSPS) is 46.4. The molecule has 0 amide bonds.